The number of rotatable bonds is 14. The standard InChI is InChI=1S/C24H40N2O/c1-3-5-10-17-25(18-11-6-4-2)19-12-20-26-21-15-24(16-22-26)27-23-13-8-7-9-14-23/h7-8,14-16,21H,3-6,9-13,17-20,22H2,1-2H3. The lowest BCUT2D eigenvalue weighted by atomic mass is 10.2. The SMILES string of the molecule is CCCCCN(CCCCC)CCCN1C=CC(OC2=CCC=CC2)=CC1. The van der Waals surface area contributed by atoms with E-state index in [-0.39, 0.29) is 0 Å². The Balaban J connectivity index is 1.64. The van der Waals surface area contributed by atoms with Crippen molar-refractivity contribution in [1.82, 2.24) is 9.80 Å². The van der Waals surface area contributed by atoms with E-state index in [4.69, 9.17) is 4.74 Å². The quantitative estimate of drug-likeness (QED) is 0.274. The lowest BCUT2D eigenvalue weighted by Gasteiger charge is -2.26. The molecule has 0 saturated heterocycles. The summed E-state index contributed by atoms with van der Waals surface area (Å²) in [6.07, 6.45) is 24.3. The number of ether oxygens (including phenoxy) is 1. The van der Waals surface area contributed by atoms with Crippen LogP contribution in [0.25, 0.3) is 0 Å². The van der Waals surface area contributed by atoms with Gasteiger partial charge in [-0.15, -0.1) is 0 Å². The molecule has 0 aromatic heterocycles. The Morgan fingerprint density at radius 2 is 1.67 bits per heavy atom. The smallest absolute Gasteiger partial charge is 0.126 e. The molecular weight excluding hydrogens is 332 g/mol. The highest BCUT2D eigenvalue weighted by Gasteiger charge is 2.10. The highest BCUT2D eigenvalue weighted by atomic mass is 16.5. The van der Waals surface area contributed by atoms with Gasteiger partial charge in [0.15, 0.2) is 0 Å². The molecule has 0 N–H and O–H groups in total. The van der Waals surface area contributed by atoms with Gasteiger partial charge < -0.3 is 14.5 Å². The van der Waals surface area contributed by atoms with E-state index in [1.165, 1.54) is 64.6 Å². The van der Waals surface area contributed by atoms with Gasteiger partial charge in [-0.25, -0.2) is 0 Å². The van der Waals surface area contributed by atoms with Gasteiger partial charge in [0.05, 0.1) is 0 Å². The summed E-state index contributed by atoms with van der Waals surface area (Å²) in [5.74, 6) is 2.07. The van der Waals surface area contributed by atoms with Gasteiger partial charge in [-0.2, -0.15) is 0 Å². The first kappa shape index (κ1) is 21.8. The van der Waals surface area contributed by atoms with Crippen LogP contribution in [-0.2, 0) is 4.74 Å². The third-order valence-corrected chi connectivity index (χ3v) is 5.27. The largest absolute Gasteiger partial charge is 0.462 e. The monoisotopic (exact) mass is 372 g/mol. The minimum Gasteiger partial charge on any atom is -0.462 e. The molecule has 0 bridgehead atoms. The van der Waals surface area contributed by atoms with E-state index < -0.39 is 0 Å². The van der Waals surface area contributed by atoms with Crippen LogP contribution in [0.3, 0.4) is 0 Å². The van der Waals surface area contributed by atoms with Gasteiger partial charge in [0.1, 0.15) is 11.5 Å². The van der Waals surface area contributed by atoms with E-state index in [2.05, 4.69) is 60.2 Å². The van der Waals surface area contributed by atoms with E-state index in [1.54, 1.807) is 0 Å². The average molecular weight is 373 g/mol. The van der Waals surface area contributed by atoms with Gasteiger partial charge in [0.25, 0.3) is 0 Å². The van der Waals surface area contributed by atoms with E-state index in [0.29, 0.717) is 0 Å². The number of unbranched alkanes of at least 4 members (excludes halogenated alkanes) is 4. The average Bonchev–Trinajstić information content (AvgIpc) is 2.70. The molecule has 0 radical (unpaired) electrons. The van der Waals surface area contributed by atoms with Crippen molar-refractivity contribution in [3.63, 3.8) is 0 Å². The number of hydrogen-bond acceptors (Lipinski definition) is 3. The summed E-state index contributed by atoms with van der Waals surface area (Å²) >= 11 is 0. The van der Waals surface area contributed by atoms with E-state index in [1.807, 2.05) is 0 Å². The molecule has 0 aromatic rings. The normalized spacial score (nSPS) is 16.6. The van der Waals surface area contributed by atoms with E-state index >= 15 is 0 Å². The molecule has 0 unspecified atom stereocenters. The molecule has 0 saturated carbocycles. The fourth-order valence-corrected chi connectivity index (χ4v) is 3.57. The molecule has 3 heteroatoms. The van der Waals surface area contributed by atoms with Crippen molar-refractivity contribution < 1.29 is 4.74 Å². The van der Waals surface area contributed by atoms with Crippen molar-refractivity contribution in [3.8, 4) is 0 Å². The summed E-state index contributed by atoms with van der Waals surface area (Å²) in [6.45, 7) is 10.4. The molecule has 0 atom stereocenters. The zero-order valence-electron chi connectivity index (χ0n) is 17.7. The lowest BCUT2D eigenvalue weighted by molar-refractivity contribution is 0.244. The zero-order chi connectivity index (χ0) is 19.2. The molecule has 1 heterocycles. The highest BCUT2D eigenvalue weighted by Crippen LogP contribution is 2.19. The molecular formula is C24H40N2O. The van der Waals surface area contributed by atoms with Gasteiger partial charge >= 0.3 is 0 Å². The first-order valence-electron chi connectivity index (χ1n) is 11.2. The number of hydrogen-bond donors (Lipinski definition) is 0. The van der Waals surface area contributed by atoms with Gasteiger partial charge in [-0.05, 0) is 63.5 Å². The first-order chi connectivity index (χ1) is 13.3. The Bertz CT molecular complexity index is 508. The van der Waals surface area contributed by atoms with Crippen LogP contribution >= 0.6 is 0 Å². The fourth-order valence-electron chi connectivity index (χ4n) is 3.57. The van der Waals surface area contributed by atoms with Crippen LogP contribution in [0.2, 0.25) is 0 Å². The summed E-state index contributed by atoms with van der Waals surface area (Å²) in [6, 6.07) is 0. The number of nitrogens with zero attached hydrogens (tertiary/aromatic N) is 2. The molecule has 1 aliphatic carbocycles. The van der Waals surface area contributed by atoms with Gasteiger partial charge in [0, 0.05) is 25.7 Å². The second kappa shape index (κ2) is 13.7. The molecule has 27 heavy (non-hydrogen) atoms. The Morgan fingerprint density at radius 1 is 0.926 bits per heavy atom. The Labute approximate surface area is 167 Å². The topological polar surface area (TPSA) is 15.7 Å². The zero-order valence-corrected chi connectivity index (χ0v) is 17.7. The van der Waals surface area contributed by atoms with Crippen molar-refractivity contribution >= 4 is 0 Å². The number of allylic oxidation sites excluding steroid dienone is 4. The second-order valence-corrected chi connectivity index (χ2v) is 7.71. The third kappa shape index (κ3) is 9.32. The van der Waals surface area contributed by atoms with E-state index in [0.717, 1.165) is 37.4 Å². The molecule has 152 valence electrons. The van der Waals surface area contributed by atoms with Crippen LogP contribution < -0.4 is 0 Å². The molecule has 0 amide bonds. The predicted octanol–water partition coefficient (Wildman–Crippen LogP) is 6.02. The molecule has 3 nitrogen and oxygen atoms in total. The lowest BCUT2D eigenvalue weighted by Crippen LogP contribution is -2.30. The summed E-state index contributed by atoms with van der Waals surface area (Å²) in [4.78, 5) is 5.09. The Hall–Kier alpha value is -1.48. The van der Waals surface area contributed by atoms with Gasteiger partial charge in [0.2, 0.25) is 0 Å². The summed E-state index contributed by atoms with van der Waals surface area (Å²) in [5, 5.41) is 0. The third-order valence-electron chi connectivity index (χ3n) is 5.27. The summed E-state index contributed by atoms with van der Waals surface area (Å²) in [7, 11) is 0. The van der Waals surface area contributed by atoms with Gasteiger partial charge in [-0.1, -0.05) is 51.7 Å². The fraction of sp³-hybridized carbons (Fsp3) is 0.667. The maximum absolute atomic E-state index is 5.98. The summed E-state index contributed by atoms with van der Waals surface area (Å²) in [5.41, 5.74) is 0. The van der Waals surface area contributed by atoms with Crippen molar-refractivity contribution in [2.45, 2.75) is 71.6 Å². The van der Waals surface area contributed by atoms with Crippen LogP contribution in [0.5, 0.6) is 0 Å². The van der Waals surface area contributed by atoms with Crippen LogP contribution in [0, 0.1) is 0 Å². The molecule has 0 fully saturated rings. The van der Waals surface area contributed by atoms with Gasteiger partial charge in [-0.3, -0.25) is 0 Å². The van der Waals surface area contributed by atoms with Crippen LogP contribution in [0.1, 0.15) is 71.6 Å². The molecule has 0 spiro atoms. The van der Waals surface area contributed by atoms with E-state index in [9.17, 15) is 0 Å². The maximum atomic E-state index is 5.98. The van der Waals surface area contributed by atoms with Crippen molar-refractivity contribution in [3.05, 3.63) is 48.1 Å². The van der Waals surface area contributed by atoms with Crippen molar-refractivity contribution in [2.24, 2.45) is 0 Å². The Morgan fingerprint density at radius 3 is 2.26 bits per heavy atom. The molecule has 2 aliphatic rings. The van der Waals surface area contributed by atoms with Crippen LogP contribution in [0.15, 0.2) is 48.1 Å². The second-order valence-electron chi connectivity index (χ2n) is 7.71. The van der Waals surface area contributed by atoms with Crippen molar-refractivity contribution in [2.75, 3.05) is 32.7 Å². The minimum absolute atomic E-state index is 0.917. The van der Waals surface area contributed by atoms with Crippen LogP contribution in [-0.4, -0.2) is 42.5 Å². The van der Waals surface area contributed by atoms with Crippen molar-refractivity contribution in [1.29, 1.82) is 0 Å². The first-order valence-corrected chi connectivity index (χ1v) is 11.2. The highest BCUT2D eigenvalue weighted by molar-refractivity contribution is 5.21. The van der Waals surface area contributed by atoms with Crippen LogP contribution in [0.4, 0.5) is 0 Å². The molecule has 1 aliphatic heterocycles. The predicted molar refractivity (Wildman–Crippen MR) is 116 cm³/mol. The molecule has 2 rings (SSSR count). The maximum Gasteiger partial charge on any atom is 0.126 e. The molecule has 0 aromatic carbocycles. The summed E-state index contributed by atoms with van der Waals surface area (Å²) < 4.78 is 5.98. The Kier molecular flexibility index (Phi) is 11.0. The minimum atomic E-state index is 0.917.